The molecule has 0 aliphatic rings. The minimum absolute atomic E-state index is 0.105. The van der Waals surface area contributed by atoms with Crippen molar-refractivity contribution in [2.24, 2.45) is 0 Å². The maximum absolute atomic E-state index is 13.0. The quantitative estimate of drug-likeness (QED) is 0.280. The fourth-order valence-electron chi connectivity index (χ4n) is 3.24. The van der Waals surface area contributed by atoms with Gasteiger partial charge < -0.3 is 9.15 Å². The van der Waals surface area contributed by atoms with Crippen LogP contribution in [0.25, 0.3) is 22.1 Å². The summed E-state index contributed by atoms with van der Waals surface area (Å²) >= 11 is 11.8. The Hall–Kier alpha value is -3.08. The second kappa shape index (κ2) is 8.34. The van der Waals surface area contributed by atoms with Gasteiger partial charge in [0.2, 0.25) is 5.43 Å². The van der Waals surface area contributed by atoms with Gasteiger partial charge in [-0.25, -0.2) is 0 Å². The molecule has 3 aromatic carbocycles. The number of fused-ring (bicyclic) bond motifs is 1. The molecule has 4 rings (SSSR count). The molecule has 1 heterocycles. The first-order valence-corrected chi connectivity index (χ1v) is 9.95. The summed E-state index contributed by atoms with van der Waals surface area (Å²) in [7, 11) is 0. The molecule has 30 heavy (non-hydrogen) atoms. The number of rotatable bonds is 4. The number of hydrogen-bond acceptors (Lipinski definition) is 4. The molecule has 0 saturated carbocycles. The molecule has 0 spiro atoms. The van der Waals surface area contributed by atoms with Crippen LogP contribution in [-0.4, -0.2) is 5.97 Å². The number of halogens is 2. The van der Waals surface area contributed by atoms with Crippen LogP contribution in [0, 0.1) is 6.92 Å². The van der Waals surface area contributed by atoms with E-state index in [2.05, 4.69) is 0 Å². The van der Waals surface area contributed by atoms with Gasteiger partial charge in [0, 0.05) is 16.1 Å². The molecule has 0 amide bonds. The Kier molecular flexibility index (Phi) is 5.62. The van der Waals surface area contributed by atoms with Crippen LogP contribution >= 0.6 is 23.2 Å². The number of carbonyl (C=O) groups excluding carboxylic acids is 1. The summed E-state index contributed by atoms with van der Waals surface area (Å²) < 4.78 is 11.3. The van der Waals surface area contributed by atoms with Crippen LogP contribution in [0.2, 0.25) is 10.0 Å². The van der Waals surface area contributed by atoms with Crippen molar-refractivity contribution in [1.29, 1.82) is 0 Å². The Labute approximate surface area is 182 Å². The van der Waals surface area contributed by atoms with Crippen molar-refractivity contribution in [3.63, 3.8) is 0 Å². The number of esters is 1. The molecule has 0 atom stereocenters. The molecule has 0 radical (unpaired) electrons. The van der Waals surface area contributed by atoms with E-state index in [1.54, 1.807) is 73.7 Å². The van der Waals surface area contributed by atoms with Crippen LogP contribution in [0.1, 0.15) is 11.3 Å². The van der Waals surface area contributed by atoms with E-state index >= 15 is 0 Å². The SMILES string of the molecule is Cc1oc2cc(OC(=O)Cc3ccc(Cl)cc3)ccc2c(=O)c1-c1ccc(Cl)cc1. The van der Waals surface area contributed by atoms with Gasteiger partial charge in [-0.3, -0.25) is 9.59 Å². The Morgan fingerprint density at radius 2 is 1.57 bits per heavy atom. The lowest BCUT2D eigenvalue weighted by Crippen LogP contribution is -2.12. The van der Waals surface area contributed by atoms with Crippen molar-refractivity contribution in [2.45, 2.75) is 13.3 Å². The average molecular weight is 439 g/mol. The van der Waals surface area contributed by atoms with Crippen LogP contribution in [0.15, 0.2) is 75.9 Å². The van der Waals surface area contributed by atoms with E-state index in [0.717, 1.165) is 11.1 Å². The lowest BCUT2D eigenvalue weighted by Gasteiger charge is -2.09. The zero-order chi connectivity index (χ0) is 21.3. The molecule has 150 valence electrons. The number of carbonyl (C=O) groups is 1. The van der Waals surface area contributed by atoms with Gasteiger partial charge >= 0.3 is 5.97 Å². The highest BCUT2D eigenvalue weighted by atomic mass is 35.5. The largest absolute Gasteiger partial charge is 0.460 e. The molecular formula is C24H16Cl2O4. The molecule has 0 bridgehead atoms. The van der Waals surface area contributed by atoms with Crippen molar-refractivity contribution in [2.75, 3.05) is 0 Å². The highest BCUT2D eigenvalue weighted by molar-refractivity contribution is 6.30. The van der Waals surface area contributed by atoms with Gasteiger partial charge in [0.1, 0.15) is 17.1 Å². The summed E-state index contributed by atoms with van der Waals surface area (Å²) in [6, 6.07) is 18.7. The van der Waals surface area contributed by atoms with Gasteiger partial charge in [-0.15, -0.1) is 0 Å². The zero-order valence-corrected chi connectivity index (χ0v) is 17.5. The third kappa shape index (κ3) is 4.25. The molecule has 6 heteroatoms. The van der Waals surface area contributed by atoms with Crippen molar-refractivity contribution in [3.05, 3.63) is 98.3 Å². The van der Waals surface area contributed by atoms with Crippen LogP contribution in [0.5, 0.6) is 5.75 Å². The molecule has 0 N–H and O–H groups in total. The van der Waals surface area contributed by atoms with Crippen LogP contribution < -0.4 is 10.2 Å². The maximum atomic E-state index is 13.0. The van der Waals surface area contributed by atoms with E-state index in [1.807, 2.05) is 0 Å². The molecule has 0 saturated heterocycles. The minimum Gasteiger partial charge on any atom is -0.460 e. The first-order chi connectivity index (χ1) is 14.4. The van der Waals surface area contributed by atoms with E-state index < -0.39 is 5.97 Å². The maximum Gasteiger partial charge on any atom is 0.315 e. The predicted molar refractivity (Wildman–Crippen MR) is 118 cm³/mol. The third-order valence-corrected chi connectivity index (χ3v) is 5.17. The zero-order valence-electron chi connectivity index (χ0n) is 15.9. The van der Waals surface area contributed by atoms with Crippen molar-refractivity contribution in [3.8, 4) is 16.9 Å². The Bertz CT molecular complexity index is 1290. The van der Waals surface area contributed by atoms with Gasteiger partial charge in [-0.05, 0) is 54.4 Å². The van der Waals surface area contributed by atoms with E-state index in [0.29, 0.717) is 38.1 Å². The van der Waals surface area contributed by atoms with Crippen molar-refractivity contribution >= 4 is 40.1 Å². The second-order valence-corrected chi connectivity index (χ2v) is 7.68. The molecule has 1 aromatic heterocycles. The molecule has 0 unspecified atom stereocenters. The summed E-state index contributed by atoms with van der Waals surface area (Å²) in [4.78, 5) is 25.3. The van der Waals surface area contributed by atoms with E-state index in [1.165, 1.54) is 0 Å². The standard InChI is InChI=1S/C24H16Cl2O4/c1-14-23(16-4-8-18(26)9-5-16)24(28)20-11-10-19(13-21(20)29-14)30-22(27)12-15-2-6-17(25)7-3-15/h2-11,13H,12H2,1H3. The fraction of sp³-hybridized carbons (Fsp3) is 0.0833. The lowest BCUT2D eigenvalue weighted by molar-refractivity contribution is -0.133. The number of aryl methyl sites for hydroxylation is 1. The van der Waals surface area contributed by atoms with Gasteiger partial charge in [0.15, 0.2) is 0 Å². The fourth-order valence-corrected chi connectivity index (χ4v) is 3.49. The van der Waals surface area contributed by atoms with Crippen molar-refractivity contribution in [1.82, 2.24) is 0 Å². The smallest absolute Gasteiger partial charge is 0.315 e. The van der Waals surface area contributed by atoms with E-state index in [4.69, 9.17) is 32.4 Å². The highest BCUT2D eigenvalue weighted by Crippen LogP contribution is 2.27. The first-order valence-electron chi connectivity index (χ1n) is 9.19. The molecule has 0 aliphatic carbocycles. The number of benzene rings is 3. The summed E-state index contributed by atoms with van der Waals surface area (Å²) in [5.74, 6) is 0.358. The number of ether oxygens (including phenoxy) is 1. The average Bonchev–Trinajstić information content (AvgIpc) is 2.71. The molecule has 0 aliphatic heterocycles. The Morgan fingerprint density at radius 1 is 0.933 bits per heavy atom. The van der Waals surface area contributed by atoms with Gasteiger partial charge in [-0.1, -0.05) is 47.5 Å². The lowest BCUT2D eigenvalue weighted by atomic mass is 10.0. The van der Waals surface area contributed by atoms with E-state index in [9.17, 15) is 9.59 Å². The highest BCUT2D eigenvalue weighted by Gasteiger charge is 2.15. The predicted octanol–water partition coefficient (Wildman–Crippen LogP) is 6.22. The van der Waals surface area contributed by atoms with Crippen molar-refractivity contribution < 1.29 is 13.9 Å². The monoisotopic (exact) mass is 438 g/mol. The van der Waals surface area contributed by atoms with Crippen LogP contribution in [0.4, 0.5) is 0 Å². The third-order valence-electron chi connectivity index (χ3n) is 4.67. The topological polar surface area (TPSA) is 56.5 Å². The summed E-state index contributed by atoms with van der Waals surface area (Å²) in [5.41, 5.74) is 2.19. The number of hydrogen-bond donors (Lipinski definition) is 0. The van der Waals surface area contributed by atoms with Gasteiger partial charge in [-0.2, -0.15) is 0 Å². The minimum atomic E-state index is -0.423. The molecule has 4 aromatic rings. The normalized spacial score (nSPS) is 10.9. The summed E-state index contributed by atoms with van der Waals surface area (Å²) in [6.45, 7) is 1.73. The van der Waals surface area contributed by atoms with Gasteiger partial charge in [0.25, 0.3) is 0 Å². The molecular weight excluding hydrogens is 423 g/mol. The Morgan fingerprint density at radius 3 is 2.23 bits per heavy atom. The summed E-state index contributed by atoms with van der Waals surface area (Å²) in [6.07, 6.45) is 0.105. The molecule has 0 fully saturated rings. The summed E-state index contributed by atoms with van der Waals surface area (Å²) in [5, 5.41) is 1.60. The second-order valence-electron chi connectivity index (χ2n) is 6.80. The molecule has 4 nitrogen and oxygen atoms in total. The van der Waals surface area contributed by atoms with Gasteiger partial charge in [0.05, 0.1) is 17.4 Å². The van der Waals surface area contributed by atoms with Crippen LogP contribution in [0.3, 0.4) is 0 Å². The Balaban J connectivity index is 1.62. The first kappa shape index (κ1) is 20.2. The van der Waals surface area contributed by atoms with E-state index in [-0.39, 0.29) is 11.8 Å². The van der Waals surface area contributed by atoms with Crippen LogP contribution in [-0.2, 0) is 11.2 Å².